The number of rotatable bonds is 3. The molecule has 0 aliphatic carbocycles. The topological polar surface area (TPSA) is 72.2 Å². The molecule has 4 nitrogen and oxygen atoms in total. The number of halogens is 1. The summed E-state index contributed by atoms with van der Waals surface area (Å²) in [5.41, 5.74) is 3.76. The van der Waals surface area contributed by atoms with Crippen molar-refractivity contribution in [3.8, 4) is 0 Å². The standard InChI is InChI=1S/C11H13FN2O2/c1-11(2,10(13)16)14-9(15)7-5-3-4-6-8(7)12/h3-6H,1-2H3,(H2,13,16)(H,14,15). The van der Waals surface area contributed by atoms with E-state index in [-0.39, 0.29) is 5.56 Å². The zero-order valence-corrected chi connectivity index (χ0v) is 9.08. The first-order valence-corrected chi connectivity index (χ1v) is 4.71. The van der Waals surface area contributed by atoms with Gasteiger partial charge in [-0.15, -0.1) is 0 Å². The van der Waals surface area contributed by atoms with E-state index in [0.29, 0.717) is 0 Å². The molecule has 0 fully saturated rings. The molecule has 1 aromatic rings. The van der Waals surface area contributed by atoms with Gasteiger partial charge in [0.2, 0.25) is 5.91 Å². The lowest BCUT2D eigenvalue weighted by molar-refractivity contribution is -0.122. The van der Waals surface area contributed by atoms with Crippen LogP contribution in [0.3, 0.4) is 0 Å². The van der Waals surface area contributed by atoms with E-state index in [2.05, 4.69) is 5.32 Å². The predicted molar refractivity (Wildman–Crippen MR) is 57.1 cm³/mol. The van der Waals surface area contributed by atoms with Crippen molar-refractivity contribution in [3.63, 3.8) is 0 Å². The zero-order valence-electron chi connectivity index (χ0n) is 9.08. The second kappa shape index (κ2) is 4.30. The minimum atomic E-state index is -1.21. The molecule has 3 N–H and O–H groups in total. The van der Waals surface area contributed by atoms with Crippen LogP contribution in [0.15, 0.2) is 24.3 Å². The minimum absolute atomic E-state index is 0.114. The van der Waals surface area contributed by atoms with Crippen molar-refractivity contribution < 1.29 is 14.0 Å². The molecule has 0 heterocycles. The van der Waals surface area contributed by atoms with E-state index in [0.717, 1.165) is 0 Å². The van der Waals surface area contributed by atoms with Gasteiger partial charge in [0.15, 0.2) is 0 Å². The first-order valence-electron chi connectivity index (χ1n) is 4.71. The Morgan fingerprint density at radius 2 is 1.88 bits per heavy atom. The number of nitrogens with two attached hydrogens (primary N) is 1. The van der Waals surface area contributed by atoms with E-state index in [1.165, 1.54) is 38.1 Å². The number of carbonyl (C=O) groups excluding carboxylic acids is 2. The summed E-state index contributed by atoms with van der Waals surface area (Å²) in [7, 11) is 0. The fourth-order valence-corrected chi connectivity index (χ4v) is 1.06. The summed E-state index contributed by atoms with van der Waals surface area (Å²) in [4.78, 5) is 22.6. The third kappa shape index (κ3) is 2.56. The molecule has 0 bridgehead atoms. The summed E-state index contributed by atoms with van der Waals surface area (Å²) < 4.78 is 13.2. The number of nitrogens with one attached hydrogen (secondary N) is 1. The van der Waals surface area contributed by atoms with Crippen LogP contribution < -0.4 is 11.1 Å². The smallest absolute Gasteiger partial charge is 0.255 e. The second-order valence-corrected chi connectivity index (χ2v) is 3.92. The highest BCUT2D eigenvalue weighted by molar-refractivity contribution is 5.98. The van der Waals surface area contributed by atoms with Gasteiger partial charge in [-0.1, -0.05) is 12.1 Å². The van der Waals surface area contributed by atoms with E-state index in [1.54, 1.807) is 0 Å². The van der Waals surface area contributed by atoms with Crippen molar-refractivity contribution in [1.29, 1.82) is 0 Å². The molecule has 0 spiro atoms. The van der Waals surface area contributed by atoms with Crippen LogP contribution in [0.25, 0.3) is 0 Å². The fourth-order valence-electron chi connectivity index (χ4n) is 1.06. The first-order chi connectivity index (χ1) is 7.34. The Balaban J connectivity index is 2.89. The Hall–Kier alpha value is -1.91. The summed E-state index contributed by atoms with van der Waals surface area (Å²) in [5.74, 6) is -1.99. The molecule has 2 amide bonds. The van der Waals surface area contributed by atoms with Crippen molar-refractivity contribution in [2.75, 3.05) is 0 Å². The number of hydrogen-bond acceptors (Lipinski definition) is 2. The molecule has 16 heavy (non-hydrogen) atoms. The minimum Gasteiger partial charge on any atom is -0.368 e. The third-order valence-corrected chi connectivity index (χ3v) is 2.16. The Morgan fingerprint density at radius 3 is 2.38 bits per heavy atom. The van der Waals surface area contributed by atoms with E-state index in [4.69, 9.17) is 5.73 Å². The lowest BCUT2D eigenvalue weighted by Gasteiger charge is -2.22. The highest BCUT2D eigenvalue weighted by Gasteiger charge is 2.28. The van der Waals surface area contributed by atoms with E-state index in [9.17, 15) is 14.0 Å². The molecule has 0 atom stereocenters. The van der Waals surface area contributed by atoms with E-state index >= 15 is 0 Å². The summed E-state index contributed by atoms with van der Waals surface area (Å²) in [6.45, 7) is 2.90. The Bertz CT molecular complexity index is 430. The number of hydrogen-bond donors (Lipinski definition) is 2. The highest BCUT2D eigenvalue weighted by atomic mass is 19.1. The van der Waals surface area contributed by atoms with Crippen molar-refractivity contribution in [1.82, 2.24) is 5.32 Å². The van der Waals surface area contributed by atoms with Crippen molar-refractivity contribution in [2.45, 2.75) is 19.4 Å². The SMILES string of the molecule is CC(C)(NC(=O)c1ccccc1F)C(N)=O. The van der Waals surface area contributed by atoms with Gasteiger partial charge in [-0.05, 0) is 26.0 Å². The van der Waals surface area contributed by atoms with Gasteiger partial charge in [0.1, 0.15) is 11.4 Å². The first kappa shape index (κ1) is 12.2. The second-order valence-electron chi connectivity index (χ2n) is 3.92. The van der Waals surface area contributed by atoms with Crippen LogP contribution in [-0.4, -0.2) is 17.4 Å². The van der Waals surface area contributed by atoms with E-state index < -0.39 is 23.2 Å². The fraction of sp³-hybridized carbons (Fsp3) is 0.273. The van der Waals surface area contributed by atoms with Gasteiger partial charge < -0.3 is 11.1 Å². The van der Waals surface area contributed by atoms with Crippen LogP contribution >= 0.6 is 0 Å². The Kier molecular flexibility index (Phi) is 3.27. The van der Waals surface area contributed by atoms with Crippen LogP contribution in [0.1, 0.15) is 24.2 Å². The molecule has 0 radical (unpaired) electrons. The molecule has 0 aromatic heterocycles. The summed E-state index contributed by atoms with van der Waals surface area (Å²) in [5, 5.41) is 2.36. The van der Waals surface area contributed by atoms with Gasteiger partial charge in [0.25, 0.3) is 5.91 Å². The van der Waals surface area contributed by atoms with Gasteiger partial charge >= 0.3 is 0 Å². The van der Waals surface area contributed by atoms with Crippen LogP contribution in [0.5, 0.6) is 0 Å². The van der Waals surface area contributed by atoms with E-state index in [1.807, 2.05) is 0 Å². The quantitative estimate of drug-likeness (QED) is 0.797. The monoisotopic (exact) mass is 224 g/mol. The normalized spacial score (nSPS) is 10.9. The maximum absolute atomic E-state index is 13.2. The van der Waals surface area contributed by atoms with Gasteiger partial charge in [-0.2, -0.15) is 0 Å². The Morgan fingerprint density at radius 1 is 1.31 bits per heavy atom. The largest absolute Gasteiger partial charge is 0.368 e. The molecule has 5 heteroatoms. The van der Waals surface area contributed by atoms with Crippen LogP contribution in [0.2, 0.25) is 0 Å². The lowest BCUT2D eigenvalue weighted by Crippen LogP contribution is -2.53. The van der Waals surface area contributed by atoms with Gasteiger partial charge in [-0.3, -0.25) is 9.59 Å². The Labute approximate surface area is 92.6 Å². The molecule has 0 aliphatic rings. The molecule has 86 valence electrons. The molecule has 1 rings (SSSR count). The molecule has 0 unspecified atom stereocenters. The number of benzene rings is 1. The molecule has 0 aliphatic heterocycles. The van der Waals surface area contributed by atoms with Crippen LogP contribution in [0, 0.1) is 5.82 Å². The maximum atomic E-state index is 13.2. The maximum Gasteiger partial charge on any atom is 0.255 e. The van der Waals surface area contributed by atoms with Crippen molar-refractivity contribution >= 4 is 11.8 Å². The molecular formula is C11H13FN2O2. The average molecular weight is 224 g/mol. The third-order valence-electron chi connectivity index (χ3n) is 2.16. The van der Waals surface area contributed by atoms with Crippen LogP contribution in [0.4, 0.5) is 4.39 Å². The van der Waals surface area contributed by atoms with Gasteiger partial charge in [0, 0.05) is 0 Å². The zero-order chi connectivity index (χ0) is 12.3. The van der Waals surface area contributed by atoms with Crippen molar-refractivity contribution in [3.05, 3.63) is 35.6 Å². The molecule has 0 saturated carbocycles. The van der Waals surface area contributed by atoms with Gasteiger partial charge in [-0.25, -0.2) is 4.39 Å². The molecule has 1 aromatic carbocycles. The number of amides is 2. The number of primary amides is 1. The number of carbonyl (C=O) groups is 2. The summed E-state index contributed by atoms with van der Waals surface area (Å²) in [6.07, 6.45) is 0. The van der Waals surface area contributed by atoms with Crippen molar-refractivity contribution in [2.24, 2.45) is 5.73 Å². The molecule has 0 saturated heterocycles. The van der Waals surface area contributed by atoms with Gasteiger partial charge in [0.05, 0.1) is 5.56 Å². The highest BCUT2D eigenvalue weighted by Crippen LogP contribution is 2.09. The summed E-state index contributed by atoms with van der Waals surface area (Å²) in [6, 6.07) is 5.52. The molecular weight excluding hydrogens is 211 g/mol. The summed E-state index contributed by atoms with van der Waals surface area (Å²) >= 11 is 0. The van der Waals surface area contributed by atoms with Crippen LogP contribution in [-0.2, 0) is 4.79 Å². The predicted octanol–water partition coefficient (Wildman–Crippen LogP) is 0.819. The lowest BCUT2D eigenvalue weighted by atomic mass is 10.0. The average Bonchev–Trinajstić information content (AvgIpc) is 2.17.